The summed E-state index contributed by atoms with van der Waals surface area (Å²) in [5, 5.41) is 8.55. The van der Waals surface area contributed by atoms with Crippen molar-refractivity contribution in [3.8, 4) is 0 Å². The van der Waals surface area contributed by atoms with E-state index in [0.717, 1.165) is 68.3 Å². The molecule has 3 heterocycles. The number of primary amides is 1. The molecule has 0 spiro atoms. The first-order valence-electron chi connectivity index (χ1n) is 10.6. The molecule has 1 aromatic carbocycles. The molecule has 0 bridgehead atoms. The van der Waals surface area contributed by atoms with E-state index in [1.165, 1.54) is 0 Å². The van der Waals surface area contributed by atoms with Crippen LogP contribution in [-0.2, 0) is 16.0 Å². The maximum Gasteiger partial charge on any atom is 0.240 e. The Morgan fingerprint density at radius 1 is 1.13 bits per heavy atom. The summed E-state index contributed by atoms with van der Waals surface area (Å²) < 4.78 is 5.96. The minimum absolute atomic E-state index is 0.0206. The van der Waals surface area contributed by atoms with Crippen LogP contribution in [0.15, 0.2) is 28.7 Å². The summed E-state index contributed by atoms with van der Waals surface area (Å²) in [7, 11) is 0. The second-order valence-corrected chi connectivity index (χ2v) is 8.34. The van der Waals surface area contributed by atoms with Crippen molar-refractivity contribution in [3.05, 3.63) is 35.6 Å². The van der Waals surface area contributed by atoms with Gasteiger partial charge in [0.15, 0.2) is 0 Å². The number of rotatable bonds is 7. The van der Waals surface area contributed by atoms with Gasteiger partial charge >= 0.3 is 0 Å². The number of nitrogens with zero attached hydrogens (tertiary/aromatic N) is 2. The van der Waals surface area contributed by atoms with Crippen LogP contribution in [0.25, 0.3) is 11.0 Å². The van der Waals surface area contributed by atoms with Crippen molar-refractivity contribution in [2.75, 3.05) is 19.6 Å². The van der Waals surface area contributed by atoms with Crippen molar-refractivity contribution in [1.82, 2.24) is 9.80 Å². The smallest absolute Gasteiger partial charge is 0.240 e. The summed E-state index contributed by atoms with van der Waals surface area (Å²) >= 11 is 0. The molecule has 2 saturated heterocycles. The molecule has 2 aliphatic rings. The summed E-state index contributed by atoms with van der Waals surface area (Å²) in [5.41, 5.74) is 12.3. The number of benzene rings is 1. The van der Waals surface area contributed by atoms with E-state index in [1.54, 1.807) is 6.07 Å². The average Bonchev–Trinajstić information content (AvgIpc) is 3.43. The largest absolute Gasteiger partial charge is 0.461 e. The van der Waals surface area contributed by atoms with Gasteiger partial charge < -0.3 is 20.8 Å². The van der Waals surface area contributed by atoms with Crippen LogP contribution in [0.5, 0.6) is 0 Å². The average molecular weight is 412 g/mol. The van der Waals surface area contributed by atoms with Crippen LogP contribution in [0.1, 0.15) is 43.4 Å². The standard InChI is InChI=1S/C22H29N5O3/c23-20(28)13-26-9-2-4-18(26)22(29)27-10-1-3-16(27)7-8-17-11-14-5-6-15(21(24)25)12-19(14)30-17/h5-6,11-12,16,18H,1-4,7-10,13H2,(H2,23,28)(H3,24,25)/t16-,18+/m0/s1. The van der Waals surface area contributed by atoms with Crippen molar-refractivity contribution in [2.45, 2.75) is 50.6 Å². The number of aryl methyl sites for hydroxylation is 1. The maximum absolute atomic E-state index is 13.2. The lowest BCUT2D eigenvalue weighted by Gasteiger charge is -2.31. The molecule has 2 aliphatic heterocycles. The molecular formula is C22H29N5O3. The monoisotopic (exact) mass is 411 g/mol. The maximum atomic E-state index is 13.2. The highest BCUT2D eigenvalue weighted by atomic mass is 16.3. The van der Waals surface area contributed by atoms with Gasteiger partial charge in [-0.25, -0.2) is 0 Å². The third-order valence-electron chi connectivity index (χ3n) is 6.27. The Balaban J connectivity index is 1.40. The summed E-state index contributed by atoms with van der Waals surface area (Å²) in [6, 6.07) is 7.51. The van der Waals surface area contributed by atoms with Gasteiger partial charge in [-0.2, -0.15) is 0 Å². The molecule has 5 N–H and O–H groups in total. The van der Waals surface area contributed by atoms with Crippen molar-refractivity contribution in [2.24, 2.45) is 11.5 Å². The highest BCUT2D eigenvalue weighted by molar-refractivity contribution is 5.98. The number of likely N-dealkylation sites (tertiary alicyclic amines) is 2. The topological polar surface area (TPSA) is 130 Å². The van der Waals surface area contributed by atoms with E-state index in [0.29, 0.717) is 5.56 Å². The van der Waals surface area contributed by atoms with Gasteiger partial charge in [-0.1, -0.05) is 12.1 Å². The van der Waals surface area contributed by atoms with Gasteiger partial charge in [0.1, 0.15) is 17.2 Å². The van der Waals surface area contributed by atoms with Crippen molar-refractivity contribution >= 4 is 28.6 Å². The molecule has 30 heavy (non-hydrogen) atoms. The molecule has 0 aliphatic carbocycles. The number of furan rings is 1. The third-order valence-corrected chi connectivity index (χ3v) is 6.27. The number of nitrogens with two attached hydrogens (primary N) is 2. The zero-order valence-electron chi connectivity index (χ0n) is 17.1. The molecule has 2 atom stereocenters. The van der Waals surface area contributed by atoms with E-state index in [4.69, 9.17) is 21.3 Å². The molecule has 4 rings (SSSR count). The highest BCUT2D eigenvalue weighted by Crippen LogP contribution is 2.28. The molecule has 0 unspecified atom stereocenters. The summed E-state index contributed by atoms with van der Waals surface area (Å²) in [6.45, 7) is 1.67. The molecule has 8 nitrogen and oxygen atoms in total. The second kappa shape index (κ2) is 8.47. The first kappa shape index (κ1) is 20.4. The van der Waals surface area contributed by atoms with E-state index in [9.17, 15) is 9.59 Å². The quantitative estimate of drug-likeness (QED) is 0.471. The number of carbonyl (C=O) groups excluding carboxylic acids is 2. The lowest BCUT2D eigenvalue weighted by atomic mass is 10.1. The number of hydrogen-bond acceptors (Lipinski definition) is 5. The van der Waals surface area contributed by atoms with Crippen LogP contribution in [0, 0.1) is 5.41 Å². The first-order valence-corrected chi connectivity index (χ1v) is 10.6. The van der Waals surface area contributed by atoms with Gasteiger partial charge in [0.05, 0.1) is 12.6 Å². The predicted molar refractivity (Wildman–Crippen MR) is 114 cm³/mol. The number of carbonyl (C=O) groups is 2. The second-order valence-electron chi connectivity index (χ2n) is 8.34. The molecule has 0 radical (unpaired) electrons. The van der Waals surface area contributed by atoms with E-state index in [-0.39, 0.29) is 36.3 Å². The molecule has 0 saturated carbocycles. The summed E-state index contributed by atoms with van der Waals surface area (Å²) in [6.07, 6.45) is 5.28. The lowest BCUT2D eigenvalue weighted by Crippen LogP contribution is -2.49. The molecular weight excluding hydrogens is 382 g/mol. The van der Waals surface area contributed by atoms with Crippen LogP contribution in [-0.4, -0.2) is 59.2 Å². The van der Waals surface area contributed by atoms with Gasteiger partial charge in [-0.15, -0.1) is 0 Å². The predicted octanol–water partition coefficient (Wildman–Crippen LogP) is 1.59. The minimum atomic E-state index is -0.384. The lowest BCUT2D eigenvalue weighted by molar-refractivity contribution is -0.137. The molecule has 8 heteroatoms. The molecule has 2 amide bonds. The molecule has 160 valence electrons. The zero-order valence-corrected chi connectivity index (χ0v) is 17.1. The summed E-state index contributed by atoms with van der Waals surface area (Å²) in [5.74, 6) is 0.644. The van der Waals surface area contributed by atoms with Gasteiger partial charge in [0.2, 0.25) is 11.8 Å². The Hall–Kier alpha value is -2.87. The van der Waals surface area contributed by atoms with Gasteiger partial charge in [0, 0.05) is 30.0 Å². The Labute approximate surface area is 175 Å². The Morgan fingerprint density at radius 3 is 2.70 bits per heavy atom. The van der Waals surface area contributed by atoms with Gasteiger partial charge in [-0.05, 0) is 50.8 Å². The Bertz CT molecular complexity index is 969. The zero-order chi connectivity index (χ0) is 21.3. The SMILES string of the molecule is N=C(N)c1ccc2cc(CC[C@@H]3CCCN3C(=O)[C@H]3CCCN3CC(N)=O)oc2c1. The molecule has 2 fully saturated rings. The van der Waals surface area contributed by atoms with Crippen molar-refractivity contribution < 1.29 is 14.0 Å². The van der Waals surface area contributed by atoms with E-state index >= 15 is 0 Å². The van der Waals surface area contributed by atoms with E-state index < -0.39 is 0 Å². The Morgan fingerprint density at radius 2 is 1.93 bits per heavy atom. The van der Waals surface area contributed by atoms with Gasteiger partial charge in [0.25, 0.3) is 0 Å². The van der Waals surface area contributed by atoms with Gasteiger partial charge in [-0.3, -0.25) is 19.9 Å². The Kier molecular flexibility index (Phi) is 5.76. The number of nitrogens with one attached hydrogen (secondary N) is 1. The van der Waals surface area contributed by atoms with Crippen LogP contribution >= 0.6 is 0 Å². The van der Waals surface area contributed by atoms with Crippen molar-refractivity contribution in [1.29, 1.82) is 5.41 Å². The van der Waals surface area contributed by atoms with E-state index in [1.807, 2.05) is 28.0 Å². The van der Waals surface area contributed by atoms with Crippen LogP contribution in [0.2, 0.25) is 0 Å². The number of amides is 2. The number of hydrogen-bond donors (Lipinski definition) is 3. The van der Waals surface area contributed by atoms with Crippen LogP contribution in [0.3, 0.4) is 0 Å². The fourth-order valence-electron chi connectivity index (χ4n) is 4.80. The number of nitrogen functional groups attached to an aromatic ring is 1. The normalized spacial score (nSPS) is 22.1. The first-order chi connectivity index (χ1) is 14.4. The number of amidine groups is 1. The highest BCUT2D eigenvalue weighted by Gasteiger charge is 2.38. The minimum Gasteiger partial charge on any atom is -0.461 e. The summed E-state index contributed by atoms with van der Waals surface area (Å²) in [4.78, 5) is 28.4. The van der Waals surface area contributed by atoms with Crippen molar-refractivity contribution in [3.63, 3.8) is 0 Å². The fourth-order valence-corrected chi connectivity index (χ4v) is 4.80. The third kappa shape index (κ3) is 4.18. The molecule has 1 aromatic heterocycles. The fraction of sp³-hybridized carbons (Fsp3) is 0.500. The van der Waals surface area contributed by atoms with E-state index in [2.05, 4.69) is 0 Å². The number of fused-ring (bicyclic) bond motifs is 1. The van der Waals surface area contributed by atoms with Crippen LogP contribution < -0.4 is 11.5 Å². The van der Waals surface area contributed by atoms with Crippen LogP contribution in [0.4, 0.5) is 0 Å². The molecule has 2 aromatic rings.